The van der Waals surface area contributed by atoms with Gasteiger partial charge in [0.1, 0.15) is 0 Å². The van der Waals surface area contributed by atoms with Crippen molar-refractivity contribution in [3.05, 3.63) is 11.8 Å². The molecule has 0 aliphatic carbocycles. The highest BCUT2D eigenvalue weighted by atomic mass is 28.3. The third-order valence-electron chi connectivity index (χ3n) is 1.24. The van der Waals surface area contributed by atoms with Gasteiger partial charge in [0.25, 0.3) is 0 Å². The van der Waals surface area contributed by atoms with E-state index in [1.807, 2.05) is 13.0 Å². The van der Waals surface area contributed by atoms with Crippen molar-refractivity contribution in [2.75, 3.05) is 0 Å². The normalized spacial score (nSPS) is 16.1. The van der Waals surface area contributed by atoms with Crippen molar-refractivity contribution in [2.45, 2.75) is 39.1 Å². The number of hydrogen-bond donors (Lipinski definition) is 1. The first-order chi connectivity index (χ1) is 4.45. The van der Waals surface area contributed by atoms with Crippen LogP contribution in [0.15, 0.2) is 11.8 Å². The van der Waals surface area contributed by atoms with Crippen molar-refractivity contribution < 1.29 is 5.11 Å². The van der Waals surface area contributed by atoms with Gasteiger partial charge >= 0.3 is 0 Å². The topological polar surface area (TPSA) is 20.2 Å². The molecule has 2 heteroatoms. The zero-order chi connectivity index (χ0) is 8.20. The van der Waals surface area contributed by atoms with E-state index in [0.29, 0.717) is 0 Å². The fourth-order valence-electron chi connectivity index (χ4n) is 0.536. The summed E-state index contributed by atoms with van der Waals surface area (Å²) in [7, 11) is -1.08. The average molecular weight is 158 g/mol. The Labute approximate surface area is 64.8 Å². The molecule has 0 radical (unpaired) electrons. The van der Waals surface area contributed by atoms with E-state index in [0.717, 1.165) is 6.42 Å². The molecule has 60 valence electrons. The maximum absolute atomic E-state index is 9.16. The van der Waals surface area contributed by atoms with Crippen LogP contribution in [0.1, 0.15) is 13.3 Å². The fourth-order valence-corrected chi connectivity index (χ4v) is 1.34. The molecule has 0 aliphatic rings. The lowest BCUT2D eigenvalue weighted by atomic mass is 10.3. The molecular formula is C8H18OSi. The summed E-state index contributed by atoms with van der Waals surface area (Å²) in [6.45, 7) is 8.75. The summed E-state index contributed by atoms with van der Waals surface area (Å²) >= 11 is 0. The van der Waals surface area contributed by atoms with Crippen LogP contribution in [0, 0.1) is 0 Å². The van der Waals surface area contributed by atoms with Gasteiger partial charge in [-0.3, -0.25) is 0 Å². The van der Waals surface area contributed by atoms with E-state index in [1.54, 1.807) is 0 Å². The quantitative estimate of drug-likeness (QED) is 0.624. The molecule has 0 fully saturated rings. The Morgan fingerprint density at radius 2 is 1.90 bits per heavy atom. The van der Waals surface area contributed by atoms with Crippen LogP contribution in [0.3, 0.4) is 0 Å². The minimum Gasteiger partial charge on any atom is -0.389 e. The molecule has 1 atom stereocenters. The molecule has 10 heavy (non-hydrogen) atoms. The van der Waals surface area contributed by atoms with Gasteiger partial charge in [-0.1, -0.05) is 38.3 Å². The predicted octanol–water partition coefficient (Wildman–Crippen LogP) is 2.19. The molecule has 0 bridgehead atoms. The molecule has 1 N–H and O–H groups in total. The Morgan fingerprint density at radius 3 is 2.20 bits per heavy atom. The SMILES string of the molecule is CC[C@H](O)/C=C/[Si](C)(C)C. The highest BCUT2D eigenvalue weighted by Gasteiger charge is 2.07. The van der Waals surface area contributed by atoms with Gasteiger partial charge in [-0.05, 0) is 6.42 Å². The zero-order valence-electron chi connectivity index (χ0n) is 7.39. The van der Waals surface area contributed by atoms with Crippen LogP contribution in [-0.4, -0.2) is 19.3 Å². The summed E-state index contributed by atoms with van der Waals surface area (Å²) in [5.41, 5.74) is 2.18. The molecule has 0 aromatic heterocycles. The van der Waals surface area contributed by atoms with E-state index >= 15 is 0 Å². The number of rotatable bonds is 3. The first kappa shape index (κ1) is 9.92. The van der Waals surface area contributed by atoms with Crippen LogP contribution in [0.2, 0.25) is 19.6 Å². The van der Waals surface area contributed by atoms with E-state index in [4.69, 9.17) is 5.11 Å². The van der Waals surface area contributed by atoms with Gasteiger partial charge in [0, 0.05) is 0 Å². The molecule has 0 aliphatic heterocycles. The molecule has 0 spiro atoms. The van der Waals surface area contributed by atoms with E-state index in [9.17, 15) is 0 Å². The standard InChI is InChI=1S/C8H18OSi/c1-5-8(9)6-7-10(2,3)4/h6-9H,5H2,1-4H3/b7-6+/t8-/m0/s1. The third kappa shape index (κ3) is 6.04. The maximum Gasteiger partial charge on any atom is 0.0714 e. The lowest BCUT2D eigenvalue weighted by molar-refractivity contribution is 0.219. The lowest BCUT2D eigenvalue weighted by Gasteiger charge is -2.09. The van der Waals surface area contributed by atoms with Crippen LogP contribution in [0.25, 0.3) is 0 Å². The van der Waals surface area contributed by atoms with Crippen molar-refractivity contribution in [1.29, 1.82) is 0 Å². The summed E-state index contributed by atoms with van der Waals surface area (Å²) in [5.74, 6) is 0. The second-order valence-electron chi connectivity index (χ2n) is 3.70. The Bertz CT molecular complexity index is 113. The van der Waals surface area contributed by atoms with Gasteiger partial charge in [0.05, 0.1) is 14.2 Å². The molecule has 0 aromatic carbocycles. The van der Waals surface area contributed by atoms with Gasteiger partial charge in [0.2, 0.25) is 0 Å². The Balaban J connectivity index is 3.75. The number of hydrogen-bond acceptors (Lipinski definition) is 1. The first-order valence-corrected chi connectivity index (χ1v) is 7.41. The van der Waals surface area contributed by atoms with Gasteiger partial charge in [-0.15, -0.1) is 0 Å². The van der Waals surface area contributed by atoms with Crippen LogP contribution >= 0.6 is 0 Å². The summed E-state index contributed by atoms with van der Waals surface area (Å²) in [5, 5.41) is 9.16. The molecule has 0 saturated carbocycles. The monoisotopic (exact) mass is 158 g/mol. The smallest absolute Gasteiger partial charge is 0.0714 e. The van der Waals surface area contributed by atoms with Gasteiger partial charge in [0.15, 0.2) is 0 Å². The van der Waals surface area contributed by atoms with Gasteiger partial charge in [-0.25, -0.2) is 0 Å². The third-order valence-corrected chi connectivity index (χ3v) is 2.43. The summed E-state index contributed by atoms with van der Waals surface area (Å²) < 4.78 is 0. The molecule has 0 aromatic rings. The average Bonchev–Trinajstić information content (AvgIpc) is 1.81. The second-order valence-corrected chi connectivity index (χ2v) is 8.77. The van der Waals surface area contributed by atoms with Crippen molar-refractivity contribution >= 4 is 8.07 Å². The molecular weight excluding hydrogens is 140 g/mol. The van der Waals surface area contributed by atoms with Gasteiger partial charge < -0.3 is 5.11 Å². The van der Waals surface area contributed by atoms with Crippen LogP contribution < -0.4 is 0 Å². The molecule has 0 heterocycles. The van der Waals surface area contributed by atoms with Gasteiger partial charge in [-0.2, -0.15) is 0 Å². The van der Waals surface area contributed by atoms with Crippen molar-refractivity contribution in [3.8, 4) is 0 Å². The highest BCUT2D eigenvalue weighted by molar-refractivity contribution is 6.80. The van der Waals surface area contributed by atoms with Crippen LogP contribution in [0.4, 0.5) is 0 Å². The Hall–Kier alpha value is -0.0831. The summed E-state index contributed by atoms with van der Waals surface area (Å²) in [6, 6.07) is 0. The first-order valence-electron chi connectivity index (χ1n) is 3.83. The maximum atomic E-state index is 9.16. The molecule has 0 saturated heterocycles. The van der Waals surface area contributed by atoms with Crippen molar-refractivity contribution in [3.63, 3.8) is 0 Å². The van der Waals surface area contributed by atoms with Crippen molar-refractivity contribution in [1.82, 2.24) is 0 Å². The minimum absolute atomic E-state index is 0.230. The summed E-state index contributed by atoms with van der Waals surface area (Å²) in [4.78, 5) is 0. The lowest BCUT2D eigenvalue weighted by Crippen LogP contribution is -2.16. The Morgan fingerprint density at radius 1 is 1.40 bits per heavy atom. The molecule has 0 amide bonds. The van der Waals surface area contributed by atoms with E-state index < -0.39 is 8.07 Å². The molecule has 0 unspecified atom stereocenters. The fraction of sp³-hybridized carbons (Fsp3) is 0.750. The summed E-state index contributed by atoms with van der Waals surface area (Å²) in [6.07, 6.45) is 2.51. The zero-order valence-corrected chi connectivity index (χ0v) is 8.39. The van der Waals surface area contributed by atoms with Crippen molar-refractivity contribution in [2.24, 2.45) is 0 Å². The second kappa shape index (κ2) is 3.94. The van der Waals surface area contributed by atoms with E-state index in [2.05, 4.69) is 25.3 Å². The van der Waals surface area contributed by atoms with E-state index in [-0.39, 0.29) is 6.10 Å². The number of aliphatic hydroxyl groups excluding tert-OH is 1. The highest BCUT2D eigenvalue weighted by Crippen LogP contribution is 2.03. The predicted molar refractivity (Wildman–Crippen MR) is 48.8 cm³/mol. The van der Waals surface area contributed by atoms with Crippen LogP contribution in [0.5, 0.6) is 0 Å². The molecule has 0 rings (SSSR count). The van der Waals surface area contributed by atoms with E-state index in [1.165, 1.54) is 0 Å². The molecule has 1 nitrogen and oxygen atoms in total. The van der Waals surface area contributed by atoms with Crippen LogP contribution in [-0.2, 0) is 0 Å². The largest absolute Gasteiger partial charge is 0.389 e. The number of aliphatic hydroxyl groups is 1. The Kier molecular flexibility index (Phi) is 3.90. The minimum atomic E-state index is -1.08.